The van der Waals surface area contributed by atoms with E-state index >= 15 is 0 Å². The molecule has 1 aliphatic heterocycles. The van der Waals surface area contributed by atoms with Gasteiger partial charge in [-0.15, -0.1) is 11.3 Å². The van der Waals surface area contributed by atoms with Crippen LogP contribution in [0.5, 0.6) is 0 Å². The quantitative estimate of drug-likeness (QED) is 0.0684. The van der Waals surface area contributed by atoms with Gasteiger partial charge in [-0.05, 0) is 95.7 Å². The number of Topliss-reactive ketones (excluding diaryl/α,β-unsaturated/α-hetero) is 1. The second kappa shape index (κ2) is 18.5. The summed E-state index contributed by atoms with van der Waals surface area (Å²) in [5.41, 5.74) is 5.40. The number of fused-ring (bicyclic) bond motifs is 1. The van der Waals surface area contributed by atoms with Gasteiger partial charge in [0.05, 0.1) is 29.7 Å². The van der Waals surface area contributed by atoms with E-state index in [4.69, 9.17) is 4.98 Å². The number of pyridine rings is 2. The van der Waals surface area contributed by atoms with Crippen molar-refractivity contribution in [3.63, 3.8) is 0 Å². The van der Waals surface area contributed by atoms with Gasteiger partial charge < -0.3 is 20.9 Å². The van der Waals surface area contributed by atoms with E-state index in [9.17, 15) is 19.2 Å². The number of hydrogen-bond acceptors (Lipinski definition) is 13. The number of benzene rings is 1. The Kier molecular flexibility index (Phi) is 13.0. The number of aryl methyl sites for hydroxylation is 3. The van der Waals surface area contributed by atoms with Crippen LogP contribution >= 0.6 is 11.3 Å². The van der Waals surface area contributed by atoms with E-state index in [-0.39, 0.29) is 34.8 Å². The molecule has 5 heterocycles. The molecule has 0 unspecified atom stereocenters. The molecule has 1 aromatic carbocycles. The summed E-state index contributed by atoms with van der Waals surface area (Å²) in [6.45, 7) is 13.8. The lowest BCUT2D eigenvalue weighted by Gasteiger charge is -2.35. The third-order valence-corrected chi connectivity index (χ3v) is 12.4. The summed E-state index contributed by atoms with van der Waals surface area (Å²) < 4.78 is 1.71. The van der Waals surface area contributed by atoms with Crippen LogP contribution in [0.25, 0.3) is 11.0 Å². The number of unbranched alkanes of at least 4 members (excludes halogenated alkanes) is 1. The smallest absolute Gasteiger partial charge is 0.263 e. The summed E-state index contributed by atoms with van der Waals surface area (Å²) in [5.74, 6) is 0.514. The Morgan fingerprint density at radius 3 is 2.34 bits per heavy atom. The number of nitrogens with zero attached hydrogens (tertiary/aromatic N) is 7. The maximum absolute atomic E-state index is 13.6. The van der Waals surface area contributed by atoms with Crippen LogP contribution in [0.1, 0.15) is 93.9 Å². The van der Waals surface area contributed by atoms with Crippen molar-refractivity contribution in [3.8, 4) is 0 Å². The summed E-state index contributed by atoms with van der Waals surface area (Å²) in [6.07, 6.45) is 9.04. The zero-order chi connectivity index (χ0) is 41.6. The van der Waals surface area contributed by atoms with Gasteiger partial charge in [-0.2, -0.15) is 4.98 Å². The van der Waals surface area contributed by atoms with Crippen molar-refractivity contribution in [3.05, 3.63) is 85.9 Å². The second-order valence-corrected chi connectivity index (χ2v) is 16.7. The van der Waals surface area contributed by atoms with E-state index in [1.165, 1.54) is 18.3 Å². The SMILES string of the molecule is CC(=O)c1c(C)c2cnc(Nc3ccc(N4CCN(CC(=O)NCCCCNc5cccc(C(=O)Nc6nc(C)c(C)s6)c5C)CC4)cn3)nc2n(C2CCCC2)c1=O. The fraction of sp³-hybridized carbons (Fsp3) is 0.442. The molecule has 0 radical (unpaired) electrons. The molecule has 0 atom stereocenters. The van der Waals surface area contributed by atoms with Gasteiger partial charge in [0.1, 0.15) is 11.5 Å². The molecule has 2 amide bonds. The number of piperazine rings is 1. The number of carbonyl (C=O) groups is 3. The summed E-state index contributed by atoms with van der Waals surface area (Å²) in [7, 11) is 0. The number of hydrogen-bond donors (Lipinski definition) is 4. The molecule has 15 nitrogen and oxygen atoms in total. The molecule has 4 N–H and O–H groups in total. The van der Waals surface area contributed by atoms with E-state index in [0.717, 1.165) is 98.8 Å². The second-order valence-electron chi connectivity index (χ2n) is 15.5. The van der Waals surface area contributed by atoms with Gasteiger partial charge in [0.15, 0.2) is 10.9 Å². The molecule has 7 rings (SSSR count). The minimum Gasteiger partial charge on any atom is -0.385 e. The summed E-state index contributed by atoms with van der Waals surface area (Å²) >= 11 is 1.47. The number of ketones is 1. The number of carbonyl (C=O) groups excluding carboxylic acids is 3. The number of nitrogens with one attached hydrogen (secondary N) is 4. The van der Waals surface area contributed by atoms with E-state index in [2.05, 4.69) is 46.0 Å². The molecule has 1 aliphatic carbocycles. The van der Waals surface area contributed by atoms with Gasteiger partial charge in [0.25, 0.3) is 11.5 Å². The highest BCUT2D eigenvalue weighted by Gasteiger charge is 2.26. The minimum absolute atomic E-state index is 0.00527. The molecular formula is C43H53N11O4S. The number of amides is 2. The average Bonchev–Trinajstić information content (AvgIpc) is 3.86. The molecule has 1 saturated heterocycles. The highest BCUT2D eigenvalue weighted by molar-refractivity contribution is 7.15. The van der Waals surface area contributed by atoms with Crippen LogP contribution in [0, 0.1) is 27.7 Å². The fourth-order valence-corrected chi connectivity index (χ4v) is 8.77. The molecule has 5 aromatic rings. The zero-order valence-electron chi connectivity index (χ0n) is 34.5. The molecule has 2 aliphatic rings. The first-order valence-corrected chi connectivity index (χ1v) is 21.3. The number of anilines is 5. The van der Waals surface area contributed by atoms with E-state index in [1.807, 2.05) is 57.3 Å². The molecule has 0 spiro atoms. The fourth-order valence-electron chi connectivity index (χ4n) is 7.96. The first-order valence-electron chi connectivity index (χ1n) is 20.5. The third kappa shape index (κ3) is 9.60. The normalized spacial score (nSPS) is 14.8. The van der Waals surface area contributed by atoms with Crippen molar-refractivity contribution in [2.24, 2.45) is 0 Å². The lowest BCUT2D eigenvalue weighted by atomic mass is 10.0. The topological polar surface area (TPSA) is 179 Å². The van der Waals surface area contributed by atoms with Crippen molar-refractivity contribution in [2.45, 2.75) is 79.2 Å². The maximum atomic E-state index is 13.6. The first kappa shape index (κ1) is 41.4. The summed E-state index contributed by atoms with van der Waals surface area (Å²) in [6, 6.07) is 9.57. The predicted molar refractivity (Wildman–Crippen MR) is 234 cm³/mol. The molecule has 16 heteroatoms. The van der Waals surface area contributed by atoms with Crippen LogP contribution in [-0.4, -0.2) is 92.8 Å². The highest BCUT2D eigenvalue weighted by Crippen LogP contribution is 2.32. The van der Waals surface area contributed by atoms with Crippen molar-refractivity contribution in [1.82, 2.24) is 34.7 Å². The number of rotatable bonds is 15. The first-order chi connectivity index (χ1) is 28.5. The molecule has 310 valence electrons. The standard InChI is InChI=1S/C43H53N11O4S/c1-26-33(40(57)51-43-48-28(3)30(5)59-43)13-10-14-35(26)44-17-8-9-18-45-37(56)25-52-19-21-53(22-20-52)32-15-16-36(46-23-32)49-42-47-24-34-27(2)38(29(4)55)41(58)54(39(34)50-42)31-11-6-7-12-31/h10,13-16,23-24,31,44H,6-9,11-12,17-22,25H2,1-5H3,(H,45,56)(H,48,51,57)(H,46,47,49,50). The van der Waals surface area contributed by atoms with E-state index in [1.54, 1.807) is 17.7 Å². The summed E-state index contributed by atoms with van der Waals surface area (Å²) in [4.78, 5) is 75.5. The largest absolute Gasteiger partial charge is 0.385 e. The van der Waals surface area contributed by atoms with Crippen molar-refractivity contribution in [2.75, 3.05) is 66.7 Å². The average molecular weight is 820 g/mol. The molecular weight excluding hydrogens is 767 g/mol. The molecule has 59 heavy (non-hydrogen) atoms. The molecule has 1 saturated carbocycles. The van der Waals surface area contributed by atoms with Crippen molar-refractivity contribution < 1.29 is 14.4 Å². The number of aromatic nitrogens is 5. The third-order valence-electron chi connectivity index (χ3n) is 11.4. The van der Waals surface area contributed by atoms with Gasteiger partial charge in [-0.25, -0.2) is 15.0 Å². The van der Waals surface area contributed by atoms with Gasteiger partial charge in [-0.1, -0.05) is 18.9 Å². The van der Waals surface area contributed by atoms with E-state index in [0.29, 0.717) is 52.1 Å². The van der Waals surface area contributed by atoms with Crippen LogP contribution in [-0.2, 0) is 4.79 Å². The van der Waals surface area contributed by atoms with Crippen LogP contribution < -0.4 is 31.7 Å². The summed E-state index contributed by atoms with van der Waals surface area (Å²) in [5, 5.41) is 13.9. The monoisotopic (exact) mass is 819 g/mol. The lowest BCUT2D eigenvalue weighted by Crippen LogP contribution is -2.49. The van der Waals surface area contributed by atoms with Crippen molar-refractivity contribution >= 4 is 68.2 Å². The Labute approximate surface area is 348 Å². The highest BCUT2D eigenvalue weighted by atomic mass is 32.1. The Bertz CT molecular complexity index is 2380. The lowest BCUT2D eigenvalue weighted by molar-refractivity contribution is -0.122. The van der Waals surface area contributed by atoms with Crippen LogP contribution in [0.4, 0.5) is 28.3 Å². The zero-order valence-corrected chi connectivity index (χ0v) is 35.3. The Balaban J connectivity index is 0.833. The Morgan fingerprint density at radius 2 is 1.64 bits per heavy atom. The molecule has 2 fully saturated rings. The van der Waals surface area contributed by atoms with Gasteiger partial charge in [0, 0.05) is 73.0 Å². The van der Waals surface area contributed by atoms with E-state index < -0.39 is 0 Å². The van der Waals surface area contributed by atoms with Crippen LogP contribution in [0.3, 0.4) is 0 Å². The minimum atomic E-state index is -0.279. The number of thiazole rings is 1. The Morgan fingerprint density at radius 1 is 0.881 bits per heavy atom. The maximum Gasteiger partial charge on any atom is 0.263 e. The van der Waals surface area contributed by atoms with Crippen molar-refractivity contribution in [1.29, 1.82) is 0 Å². The predicted octanol–water partition coefficient (Wildman–Crippen LogP) is 6.32. The van der Waals surface area contributed by atoms with Gasteiger partial charge in [-0.3, -0.25) is 34.0 Å². The molecule has 0 bridgehead atoms. The van der Waals surface area contributed by atoms with Gasteiger partial charge in [0.2, 0.25) is 11.9 Å². The van der Waals surface area contributed by atoms with Crippen LogP contribution in [0.15, 0.2) is 47.5 Å². The molecule has 4 aromatic heterocycles. The van der Waals surface area contributed by atoms with Gasteiger partial charge >= 0.3 is 0 Å². The van der Waals surface area contributed by atoms with Crippen LogP contribution in [0.2, 0.25) is 0 Å². The Hall–Kier alpha value is -5.74.